The number of carboxylic acid groups (broad SMARTS) is 4. The first-order valence-corrected chi connectivity index (χ1v) is 3.63. The van der Waals surface area contributed by atoms with Gasteiger partial charge in [0.05, 0.1) is 0 Å². The van der Waals surface area contributed by atoms with Gasteiger partial charge < -0.3 is 39.6 Å². The third-order valence-corrected chi connectivity index (χ3v) is 0. The average Bonchev–Trinajstić information content (AvgIpc) is 1.76. The summed E-state index contributed by atoms with van der Waals surface area (Å²) in [5.41, 5.74) is 0. The molecule has 0 amide bonds. The van der Waals surface area contributed by atoms with Crippen LogP contribution in [0, 0.1) is 31.1 Å². The Hall–Kier alpha value is -1.07. The molecule has 0 atom stereocenters. The number of hydrogen-bond acceptors (Lipinski definition) is 8. The van der Waals surface area contributed by atoms with Crippen molar-refractivity contribution < 1.29 is 70.7 Å². The van der Waals surface area contributed by atoms with Crippen LogP contribution in [0.1, 0.15) is 27.7 Å². The van der Waals surface area contributed by atoms with Gasteiger partial charge in [0, 0.05) is 23.9 Å². The van der Waals surface area contributed by atoms with E-state index in [1.54, 1.807) is 0 Å². The Bertz CT molecular complexity index is 162. The maximum absolute atomic E-state index is 8.89. The van der Waals surface area contributed by atoms with Gasteiger partial charge in [0.2, 0.25) is 0 Å². The molecule has 0 aromatic rings. The van der Waals surface area contributed by atoms with E-state index in [4.69, 9.17) is 39.6 Å². The molecule has 8 nitrogen and oxygen atoms in total. The van der Waals surface area contributed by atoms with Crippen LogP contribution in [0.2, 0.25) is 0 Å². The van der Waals surface area contributed by atoms with E-state index in [9.17, 15) is 0 Å². The number of carboxylic acids is 4. The van der Waals surface area contributed by atoms with Crippen molar-refractivity contribution in [2.45, 2.75) is 27.7 Å². The van der Waals surface area contributed by atoms with E-state index in [-0.39, 0.29) is 31.1 Å². The molecule has 0 spiro atoms. The van der Waals surface area contributed by atoms with Crippen LogP contribution in [-0.2, 0) is 19.2 Å². The topological polar surface area (TPSA) is 161 Å². The third kappa shape index (κ3) is 2190. The van der Waals surface area contributed by atoms with Crippen molar-refractivity contribution in [2.75, 3.05) is 0 Å². The average molecular weight is 474 g/mol. The minimum atomic E-state index is -1.08. The van der Waals surface area contributed by atoms with E-state index in [1.807, 2.05) is 0 Å². The molecule has 96 valence electrons. The molecule has 0 unspecified atom stereocenters. The quantitative estimate of drug-likeness (QED) is 0.338. The molecular weight excluding hydrogens is 462 g/mol. The van der Waals surface area contributed by atoms with E-state index in [0.29, 0.717) is 0 Å². The fraction of sp³-hybridized carbons (Fsp3) is 0.500. The zero-order valence-corrected chi connectivity index (χ0v) is 13.9. The predicted molar refractivity (Wildman–Crippen MR) is 42.7 cm³/mol. The van der Waals surface area contributed by atoms with Crippen molar-refractivity contribution in [3.8, 4) is 0 Å². The largest absolute Gasteiger partial charge is 4.00 e. The molecule has 0 heterocycles. The Labute approximate surface area is 122 Å². The van der Waals surface area contributed by atoms with Gasteiger partial charge in [0.15, 0.2) is 0 Å². The zero-order valence-electron chi connectivity index (χ0n) is 9.77. The number of rotatable bonds is 0. The maximum Gasteiger partial charge on any atom is 4.00 e. The van der Waals surface area contributed by atoms with Crippen LogP contribution in [0.5, 0.6) is 0 Å². The molecule has 0 saturated carbocycles. The van der Waals surface area contributed by atoms with Crippen LogP contribution in [0.3, 0.4) is 0 Å². The van der Waals surface area contributed by atoms with Crippen LogP contribution < -0.4 is 20.4 Å². The van der Waals surface area contributed by atoms with E-state index in [2.05, 4.69) is 0 Å². The second-order valence-corrected chi connectivity index (χ2v) is 1.97. The first-order chi connectivity index (χ1) is 6.93. The standard InChI is InChI=1S/4C2H4O2.U/c4*1-2(3)4;/h4*1H3,(H,3,4);/q;;;;+4/p-4. The van der Waals surface area contributed by atoms with Gasteiger partial charge in [-0.25, -0.2) is 0 Å². The first kappa shape index (κ1) is 29.7. The monoisotopic (exact) mass is 474 g/mol. The molecule has 17 heavy (non-hydrogen) atoms. The van der Waals surface area contributed by atoms with Crippen molar-refractivity contribution in [1.82, 2.24) is 0 Å². The van der Waals surface area contributed by atoms with Crippen molar-refractivity contribution in [3.05, 3.63) is 0 Å². The molecule has 0 radical (unpaired) electrons. The summed E-state index contributed by atoms with van der Waals surface area (Å²) in [4.78, 5) is 35.6. The molecular formula is C8H12O8U. The smallest absolute Gasteiger partial charge is 0.550 e. The fourth-order valence-electron chi connectivity index (χ4n) is 0. The van der Waals surface area contributed by atoms with Gasteiger partial charge in [-0.15, -0.1) is 0 Å². The Morgan fingerprint density at radius 3 is 0.529 bits per heavy atom. The second kappa shape index (κ2) is 24.3. The second-order valence-electron chi connectivity index (χ2n) is 1.97. The summed E-state index contributed by atoms with van der Waals surface area (Å²) >= 11 is 0. The van der Waals surface area contributed by atoms with Gasteiger partial charge in [-0.1, -0.05) is 0 Å². The third-order valence-electron chi connectivity index (χ3n) is 0. The molecule has 0 rings (SSSR count). The molecule has 0 saturated heterocycles. The molecule has 0 aromatic heterocycles. The summed E-state index contributed by atoms with van der Waals surface area (Å²) in [7, 11) is 0. The van der Waals surface area contributed by atoms with Gasteiger partial charge in [-0.2, -0.15) is 0 Å². The molecule has 0 aromatic carbocycles. The minimum Gasteiger partial charge on any atom is -0.550 e. The molecule has 0 aliphatic heterocycles. The van der Waals surface area contributed by atoms with Crippen LogP contribution in [0.4, 0.5) is 0 Å². The van der Waals surface area contributed by atoms with Gasteiger partial charge in [0.25, 0.3) is 0 Å². The van der Waals surface area contributed by atoms with Gasteiger partial charge in [-0.3, -0.25) is 0 Å². The fourth-order valence-corrected chi connectivity index (χ4v) is 0. The summed E-state index contributed by atoms with van der Waals surface area (Å²) in [5.74, 6) is -4.33. The molecule has 0 fully saturated rings. The number of carbonyl (C=O) groups excluding carboxylic acids is 4. The van der Waals surface area contributed by atoms with Gasteiger partial charge in [0.1, 0.15) is 0 Å². The number of carbonyl (C=O) groups is 4. The van der Waals surface area contributed by atoms with Crippen LogP contribution in [-0.4, -0.2) is 23.9 Å². The number of hydrogen-bond donors (Lipinski definition) is 0. The minimum absolute atomic E-state index is 0. The summed E-state index contributed by atoms with van der Waals surface area (Å²) < 4.78 is 0. The summed E-state index contributed by atoms with van der Waals surface area (Å²) in [5, 5.41) is 35.6. The first-order valence-electron chi connectivity index (χ1n) is 3.63. The summed E-state index contributed by atoms with van der Waals surface area (Å²) in [6.45, 7) is 3.89. The Morgan fingerprint density at radius 1 is 0.529 bits per heavy atom. The molecule has 0 aliphatic carbocycles. The Kier molecular flexibility index (Phi) is 42.4. The van der Waals surface area contributed by atoms with Crippen LogP contribution in [0.15, 0.2) is 0 Å². The number of aliphatic carboxylic acids is 4. The summed E-state index contributed by atoms with van der Waals surface area (Å²) in [6.07, 6.45) is 0. The van der Waals surface area contributed by atoms with Gasteiger partial charge in [-0.05, 0) is 27.7 Å². The molecule has 0 N–H and O–H groups in total. The predicted octanol–water partition coefficient (Wildman–Crippen LogP) is -4.98. The Morgan fingerprint density at radius 2 is 0.529 bits per heavy atom. The molecule has 0 aliphatic rings. The van der Waals surface area contributed by atoms with Crippen molar-refractivity contribution >= 4 is 23.9 Å². The molecule has 0 bridgehead atoms. The summed E-state index contributed by atoms with van der Waals surface area (Å²) in [6, 6.07) is 0. The van der Waals surface area contributed by atoms with Crippen LogP contribution >= 0.6 is 0 Å². The van der Waals surface area contributed by atoms with Crippen LogP contribution in [0.25, 0.3) is 0 Å². The maximum atomic E-state index is 8.89. The van der Waals surface area contributed by atoms with Gasteiger partial charge >= 0.3 is 31.1 Å². The van der Waals surface area contributed by atoms with E-state index in [1.165, 1.54) is 0 Å². The zero-order chi connectivity index (χ0) is 14.3. The van der Waals surface area contributed by atoms with Crippen molar-refractivity contribution in [3.63, 3.8) is 0 Å². The molecule has 9 heteroatoms. The normalized spacial score (nSPS) is 5.88. The van der Waals surface area contributed by atoms with Crippen molar-refractivity contribution in [1.29, 1.82) is 0 Å². The van der Waals surface area contributed by atoms with E-state index < -0.39 is 23.9 Å². The van der Waals surface area contributed by atoms with E-state index >= 15 is 0 Å². The SMILES string of the molecule is CC(=O)[O-].CC(=O)[O-].CC(=O)[O-].CC(=O)[O-].[U+4]. The van der Waals surface area contributed by atoms with Crippen molar-refractivity contribution in [2.24, 2.45) is 0 Å². The van der Waals surface area contributed by atoms with E-state index in [0.717, 1.165) is 27.7 Å². The Balaban J connectivity index is -0.0000000369.